The highest BCUT2D eigenvalue weighted by Gasteiger charge is 2.19. The highest BCUT2D eigenvalue weighted by atomic mass is 35.5. The van der Waals surface area contributed by atoms with E-state index in [0.29, 0.717) is 37.1 Å². The fourth-order valence-corrected chi connectivity index (χ4v) is 2.73. The number of rotatable bonds is 6. The van der Waals surface area contributed by atoms with Crippen LogP contribution in [0.2, 0.25) is 5.02 Å². The Hall–Kier alpha value is -2.40. The van der Waals surface area contributed by atoms with Crippen LogP contribution in [-0.2, 0) is 11.3 Å². The molecule has 0 N–H and O–H groups in total. The lowest BCUT2D eigenvalue weighted by Crippen LogP contribution is -2.34. The van der Waals surface area contributed by atoms with Crippen LogP contribution in [0.25, 0.3) is 0 Å². The monoisotopic (exact) mass is 361 g/mol. The predicted octanol–water partition coefficient (Wildman–Crippen LogP) is 3.54. The lowest BCUT2D eigenvalue weighted by molar-refractivity contribution is -0.133. The molecule has 0 radical (unpaired) electrons. The van der Waals surface area contributed by atoms with Gasteiger partial charge in [-0.15, -0.1) is 0 Å². The number of hydrogen-bond donors (Lipinski definition) is 0. The van der Waals surface area contributed by atoms with Gasteiger partial charge in [-0.3, -0.25) is 4.79 Å². The first kappa shape index (κ1) is 17.4. The van der Waals surface area contributed by atoms with Crippen LogP contribution in [-0.4, -0.2) is 37.2 Å². The average molecular weight is 362 g/mol. The summed E-state index contributed by atoms with van der Waals surface area (Å²) >= 11 is 5.84. The van der Waals surface area contributed by atoms with Gasteiger partial charge in [-0.2, -0.15) is 0 Å². The van der Waals surface area contributed by atoms with Crippen LogP contribution < -0.4 is 14.2 Å². The lowest BCUT2D eigenvalue weighted by atomic mass is 10.1. The van der Waals surface area contributed by atoms with Crippen LogP contribution in [0, 0.1) is 0 Å². The van der Waals surface area contributed by atoms with Crippen LogP contribution in [0.1, 0.15) is 12.5 Å². The molecular formula is C19H20ClNO4. The number of likely N-dealkylation sites (N-methyl/N-ethyl adjacent to an activating group) is 1. The van der Waals surface area contributed by atoms with Gasteiger partial charge < -0.3 is 19.1 Å². The van der Waals surface area contributed by atoms with Gasteiger partial charge in [0, 0.05) is 23.7 Å². The van der Waals surface area contributed by atoms with Crippen molar-refractivity contribution in [2.24, 2.45) is 0 Å². The van der Waals surface area contributed by atoms with Gasteiger partial charge in [-0.25, -0.2) is 0 Å². The molecule has 1 aliphatic heterocycles. The summed E-state index contributed by atoms with van der Waals surface area (Å²) in [7, 11) is 0. The minimum absolute atomic E-state index is 0.0259. The van der Waals surface area contributed by atoms with Crippen LogP contribution in [0.3, 0.4) is 0 Å². The van der Waals surface area contributed by atoms with E-state index < -0.39 is 0 Å². The van der Waals surface area contributed by atoms with Gasteiger partial charge in [0.2, 0.25) is 0 Å². The van der Waals surface area contributed by atoms with Crippen LogP contribution in [0.4, 0.5) is 0 Å². The molecule has 0 unspecified atom stereocenters. The Kier molecular flexibility index (Phi) is 5.66. The molecule has 0 atom stereocenters. The molecule has 0 aliphatic carbocycles. The van der Waals surface area contributed by atoms with E-state index >= 15 is 0 Å². The maximum atomic E-state index is 12.5. The molecule has 0 bridgehead atoms. The van der Waals surface area contributed by atoms with Crippen molar-refractivity contribution in [2.75, 3.05) is 26.4 Å². The van der Waals surface area contributed by atoms with E-state index in [1.807, 2.05) is 25.1 Å². The van der Waals surface area contributed by atoms with Crippen LogP contribution >= 0.6 is 11.6 Å². The summed E-state index contributed by atoms with van der Waals surface area (Å²) in [5, 5.41) is 0.630. The van der Waals surface area contributed by atoms with Crippen molar-refractivity contribution in [3.8, 4) is 17.2 Å². The molecule has 25 heavy (non-hydrogen) atoms. The minimum Gasteiger partial charge on any atom is -0.486 e. The smallest absolute Gasteiger partial charge is 0.260 e. The predicted molar refractivity (Wildman–Crippen MR) is 95.5 cm³/mol. The molecule has 2 aromatic carbocycles. The van der Waals surface area contributed by atoms with Crippen molar-refractivity contribution < 1.29 is 19.0 Å². The van der Waals surface area contributed by atoms with E-state index in [1.165, 1.54) is 0 Å². The van der Waals surface area contributed by atoms with E-state index in [0.717, 1.165) is 17.1 Å². The molecule has 3 rings (SSSR count). The van der Waals surface area contributed by atoms with Gasteiger partial charge in [0.1, 0.15) is 19.0 Å². The number of nitrogens with zero attached hydrogens (tertiary/aromatic N) is 1. The van der Waals surface area contributed by atoms with E-state index in [4.69, 9.17) is 25.8 Å². The first-order valence-electron chi connectivity index (χ1n) is 8.21. The number of carbonyl (C=O) groups is 1. The molecule has 0 aromatic heterocycles. The van der Waals surface area contributed by atoms with Gasteiger partial charge in [-0.05, 0) is 37.3 Å². The molecule has 1 aliphatic rings. The number of amides is 1. The Bertz CT molecular complexity index is 733. The fraction of sp³-hybridized carbons (Fsp3) is 0.316. The number of para-hydroxylation sites is 1. The van der Waals surface area contributed by atoms with Gasteiger partial charge in [0.15, 0.2) is 18.1 Å². The summed E-state index contributed by atoms with van der Waals surface area (Å²) in [6.45, 7) is 4.00. The molecule has 2 aromatic rings. The molecule has 1 amide bonds. The Morgan fingerprint density at radius 3 is 2.68 bits per heavy atom. The van der Waals surface area contributed by atoms with Gasteiger partial charge in [-0.1, -0.05) is 23.7 Å². The number of benzene rings is 2. The number of ether oxygens (including phenoxy) is 3. The summed E-state index contributed by atoms with van der Waals surface area (Å²) in [6, 6.07) is 12.7. The quantitative estimate of drug-likeness (QED) is 0.789. The highest BCUT2D eigenvalue weighted by Crippen LogP contribution is 2.34. The van der Waals surface area contributed by atoms with Crippen molar-refractivity contribution >= 4 is 17.5 Å². The summed E-state index contributed by atoms with van der Waals surface area (Å²) in [6.07, 6.45) is 0. The molecule has 5 nitrogen and oxygen atoms in total. The van der Waals surface area contributed by atoms with E-state index in [-0.39, 0.29) is 12.5 Å². The standard InChI is InChI=1S/C19H20ClNO4/c1-2-21(18(22)13-25-16-8-6-15(20)7-9-16)12-14-4-3-5-17-19(14)24-11-10-23-17/h3-9H,2,10-13H2,1H3. The maximum Gasteiger partial charge on any atom is 0.260 e. The summed E-state index contributed by atoms with van der Waals surface area (Å²) in [5.74, 6) is 1.97. The third-order valence-electron chi connectivity index (χ3n) is 3.92. The molecule has 1 heterocycles. The van der Waals surface area contributed by atoms with E-state index in [1.54, 1.807) is 29.2 Å². The minimum atomic E-state index is -0.0909. The van der Waals surface area contributed by atoms with E-state index in [2.05, 4.69) is 0 Å². The van der Waals surface area contributed by atoms with E-state index in [9.17, 15) is 4.79 Å². The first-order valence-corrected chi connectivity index (χ1v) is 8.59. The molecule has 6 heteroatoms. The van der Waals surface area contributed by atoms with Crippen molar-refractivity contribution in [3.05, 3.63) is 53.1 Å². The molecular weight excluding hydrogens is 342 g/mol. The lowest BCUT2D eigenvalue weighted by Gasteiger charge is -2.25. The van der Waals surface area contributed by atoms with Gasteiger partial charge >= 0.3 is 0 Å². The second kappa shape index (κ2) is 8.12. The summed E-state index contributed by atoms with van der Waals surface area (Å²) in [5.41, 5.74) is 0.930. The SMILES string of the molecule is CCN(Cc1cccc2c1OCCO2)C(=O)COc1ccc(Cl)cc1. The van der Waals surface area contributed by atoms with Crippen molar-refractivity contribution in [1.29, 1.82) is 0 Å². The van der Waals surface area contributed by atoms with Crippen molar-refractivity contribution in [2.45, 2.75) is 13.5 Å². The molecule has 0 fully saturated rings. The van der Waals surface area contributed by atoms with Crippen LogP contribution in [0.15, 0.2) is 42.5 Å². The van der Waals surface area contributed by atoms with Crippen molar-refractivity contribution in [1.82, 2.24) is 4.90 Å². The summed E-state index contributed by atoms with van der Waals surface area (Å²) in [4.78, 5) is 14.2. The van der Waals surface area contributed by atoms with Crippen LogP contribution in [0.5, 0.6) is 17.2 Å². The highest BCUT2D eigenvalue weighted by molar-refractivity contribution is 6.30. The largest absolute Gasteiger partial charge is 0.486 e. The van der Waals surface area contributed by atoms with Gasteiger partial charge in [0.05, 0.1) is 0 Å². The number of fused-ring (bicyclic) bond motifs is 1. The topological polar surface area (TPSA) is 48.0 Å². The molecule has 0 saturated heterocycles. The molecule has 0 saturated carbocycles. The Morgan fingerprint density at radius 2 is 1.92 bits per heavy atom. The second-order valence-corrected chi connectivity index (χ2v) is 6.03. The Morgan fingerprint density at radius 1 is 1.16 bits per heavy atom. The van der Waals surface area contributed by atoms with Crippen molar-refractivity contribution in [3.63, 3.8) is 0 Å². The third kappa shape index (κ3) is 4.37. The van der Waals surface area contributed by atoms with Gasteiger partial charge in [0.25, 0.3) is 5.91 Å². The second-order valence-electron chi connectivity index (χ2n) is 5.59. The number of halogens is 1. The zero-order chi connectivity index (χ0) is 17.6. The first-order chi connectivity index (χ1) is 12.2. The molecule has 132 valence electrons. The normalized spacial score (nSPS) is 12.6. The fourth-order valence-electron chi connectivity index (χ4n) is 2.61. The maximum absolute atomic E-state index is 12.5. The average Bonchev–Trinajstić information content (AvgIpc) is 2.65. The number of hydrogen-bond acceptors (Lipinski definition) is 4. The number of carbonyl (C=O) groups excluding carboxylic acids is 1. The zero-order valence-corrected chi connectivity index (χ0v) is 14.8. The Labute approximate surface area is 152 Å². The Balaban J connectivity index is 1.64. The third-order valence-corrected chi connectivity index (χ3v) is 4.17. The zero-order valence-electron chi connectivity index (χ0n) is 14.0. The summed E-state index contributed by atoms with van der Waals surface area (Å²) < 4.78 is 16.9. The molecule has 0 spiro atoms.